The average Bonchev–Trinajstić information content (AvgIpc) is 3.21. The van der Waals surface area contributed by atoms with Gasteiger partial charge in [-0.15, -0.1) is 0 Å². The number of ether oxygens (including phenoxy) is 2. The molecule has 0 aromatic carbocycles. The summed E-state index contributed by atoms with van der Waals surface area (Å²) in [5.74, 6) is -0.0323. The van der Waals surface area contributed by atoms with Gasteiger partial charge in [0.05, 0.1) is 0 Å². The van der Waals surface area contributed by atoms with Gasteiger partial charge in [0, 0.05) is 0 Å². The van der Waals surface area contributed by atoms with E-state index in [9.17, 15) is 9.59 Å². The molecule has 0 radical (unpaired) electrons. The van der Waals surface area contributed by atoms with Gasteiger partial charge in [-0.2, -0.15) is 0 Å². The van der Waals surface area contributed by atoms with Crippen LogP contribution in [0.1, 0.15) is 52.9 Å². The summed E-state index contributed by atoms with van der Waals surface area (Å²) in [6.45, 7) is 8.28. The van der Waals surface area contributed by atoms with E-state index in [0.717, 1.165) is 45.2 Å². The minimum atomic E-state index is -0.315. The molecule has 5 aliphatic rings. The number of carbonyl (C=O) groups is 2. The summed E-state index contributed by atoms with van der Waals surface area (Å²) < 4.78 is 15.0. The fourth-order valence-electron chi connectivity index (χ4n) is 4.88. The standard InChI is InChI=1S/C19H30IN2O4/c1-18(2)9-22-20-15(18)17(24)26-12-6-4-11(5-7-12)25-16(23)14-13-8-19(14,3)10-21-13/h11-15,21-22H,4-10H2,1-3H3/q-1/t11?,12?,13-,14?,15+,19-/m1/s1. The van der Waals surface area contributed by atoms with Crippen LogP contribution in [-0.4, -0.2) is 47.2 Å². The first-order valence-electron chi connectivity index (χ1n) is 9.78. The van der Waals surface area contributed by atoms with E-state index in [0.29, 0.717) is 6.04 Å². The van der Waals surface area contributed by atoms with Crippen molar-refractivity contribution >= 4 is 11.9 Å². The second kappa shape index (κ2) is 6.88. The molecule has 0 aromatic heterocycles. The summed E-state index contributed by atoms with van der Waals surface area (Å²) in [6, 6.07) is 0.316. The third-order valence-electron chi connectivity index (χ3n) is 6.65. The molecule has 5 rings (SSSR count). The summed E-state index contributed by atoms with van der Waals surface area (Å²) in [4.78, 5) is 25.0. The molecule has 2 bridgehead atoms. The molecule has 26 heavy (non-hydrogen) atoms. The van der Waals surface area contributed by atoms with E-state index in [1.807, 2.05) is 0 Å². The van der Waals surface area contributed by atoms with Crippen LogP contribution in [0.15, 0.2) is 0 Å². The molecular weight excluding hydrogens is 447 g/mol. The number of hydrogen-bond donors (Lipinski definition) is 2. The van der Waals surface area contributed by atoms with E-state index in [1.54, 1.807) is 0 Å². The quantitative estimate of drug-likeness (QED) is 0.220. The van der Waals surface area contributed by atoms with Gasteiger partial charge in [0.15, 0.2) is 0 Å². The molecule has 2 N–H and O–H groups in total. The number of carbonyl (C=O) groups excluding carboxylic acids is 2. The minimum absolute atomic E-state index is 0.00334. The van der Waals surface area contributed by atoms with Crippen molar-refractivity contribution in [3.05, 3.63) is 0 Å². The van der Waals surface area contributed by atoms with Crippen molar-refractivity contribution in [1.82, 2.24) is 8.85 Å². The fourth-order valence-corrected chi connectivity index (χ4v) is 7.98. The number of nitrogens with one attached hydrogen (secondary N) is 2. The Morgan fingerprint density at radius 1 is 0.962 bits per heavy atom. The van der Waals surface area contributed by atoms with E-state index in [4.69, 9.17) is 9.47 Å². The molecule has 0 aromatic rings. The van der Waals surface area contributed by atoms with Crippen LogP contribution in [0.4, 0.5) is 0 Å². The van der Waals surface area contributed by atoms with Crippen LogP contribution < -0.4 is 30.3 Å². The topological polar surface area (TPSA) is 76.7 Å². The predicted octanol–water partition coefficient (Wildman–Crippen LogP) is -1.62. The molecule has 2 aliphatic carbocycles. The average molecular weight is 477 g/mol. The Labute approximate surface area is 166 Å². The second-order valence-electron chi connectivity index (χ2n) is 9.37. The number of hydrogen-bond acceptors (Lipinski definition) is 6. The molecule has 7 heteroatoms. The van der Waals surface area contributed by atoms with E-state index in [2.05, 4.69) is 29.6 Å². The molecule has 5 fully saturated rings. The van der Waals surface area contributed by atoms with Crippen molar-refractivity contribution in [3.8, 4) is 0 Å². The van der Waals surface area contributed by atoms with Gasteiger partial charge in [0.25, 0.3) is 0 Å². The SMILES string of the molecule is CC1(C)CN[I-][C@H]1C(=O)OC1CCC(OC(=O)C2[C@H]3C[C@]2(C)CN3)CC1. The number of alkyl halides is 1. The van der Waals surface area contributed by atoms with Gasteiger partial charge in [-0.05, 0) is 0 Å². The molecule has 148 valence electrons. The Morgan fingerprint density at radius 2 is 1.58 bits per heavy atom. The maximum absolute atomic E-state index is 12.5. The summed E-state index contributed by atoms with van der Waals surface area (Å²) in [6.07, 6.45) is 4.25. The summed E-state index contributed by atoms with van der Waals surface area (Å²) in [5, 5.41) is 3.40. The zero-order chi connectivity index (χ0) is 18.5. The summed E-state index contributed by atoms with van der Waals surface area (Å²) >= 11 is -0.315. The third-order valence-corrected chi connectivity index (χ3v) is 10.3. The molecule has 4 atom stereocenters. The van der Waals surface area contributed by atoms with Crippen molar-refractivity contribution < 1.29 is 40.5 Å². The molecule has 3 aliphatic heterocycles. The van der Waals surface area contributed by atoms with E-state index < -0.39 is 0 Å². The van der Waals surface area contributed by atoms with Crippen LogP contribution in [-0.2, 0) is 19.1 Å². The molecule has 0 spiro atoms. The number of fused-ring (bicyclic) bond motifs is 1. The Hall–Kier alpha value is -0.410. The molecule has 1 unspecified atom stereocenters. The van der Waals surface area contributed by atoms with Crippen LogP contribution >= 0.6 is 0 Å². The fraction of sp³-hybridized carbons (Fsp3) is 0.895. The van der Waals surface area contributed by atoms with E-state index in [1.165, 1.54) is 0 Å². The van der Waals surface area contributed by atoms with Gasteiger partial charge in [-0.1, -0.05) is 0 Å². The molecule has 3 saturated heterocycles. The first-order valence-corrected chi connectivity index (χ1v) is 12.1. The van der Waals surface area contributed by atoms with Gasteiger partial charge >= 0.3 is 166 Å². The van der Waals surface area contributed by atoms with E-state index in [-0.39, 0.29) is 66.3 Å². The molecule has 2 saturated carbocycles. The van der Waals surface area contributed by atoms with Crippen molar-refractivity contribution in [1.29, 1.82) is 0 Å². The first-order chi connectivity index (χ1) is 12.3. The summed E-state index contributed by atoms with van der Waals surface area (Å²) in [7, 11) is 0. The second-order valence-corrected chi connectivity index (χ2v) is 12.0. The number of halogens is 1. The van der Waals surface area contributed by atoms with Crippen molar-refractivity contribution in [2.45, 2.75) is 75.0 Å². The first kappa shape index (κ1) is 18.9. The van der Waals surface area contributed by atoms with Crippen LogP contribution in [0, 0.1) is 16.7 Å². The Bertz CT molecular complexity index is 551. The molecule has 6 nitrogen and oxygen atoms in total. The van der Waals surface area contributed by atoms with Crippen molar-refractivity contribution in [3.63, 3.8) is 0 Å². The van der Waals surface area contributed by atoms with Crippen LogP contribution in [0.25, 0.3) is 0 Å². The van der Waals surface area contributed by atoms with Crippen LogP contribution in [0.2, 0.25) is 0 Å². The van der Waals surface area contributed by atoms with Gasteiger partial charge < -0.3 is 0 Å². The monoisotopic (exact) mass is 477 g/mol. The van der Waals surface area contributed by atoms with Crippen LogP contribution in [0.3, 0.4) is 0 Å². The van der Waals surface area contributed by atoms with Crippen LogP contribution in [0.5, 0.6) is 0 Å². The predicted molar refractivity (Wildman–Crippen MR) is 91.8 cm³/mol. The van der Waals surface area contributed by atoms with Gasteiger partial charge in [-0.3, -0.25) is 0 Å². The number of rotatable bonds is 4. The number of esters is 2. The molecule has 3 heterocycles. The van der Waals surface area contributed by atoms with Crippen molar-refractivity contribution in [2.75, 3.05) is 13.1 Å². The normalized spacial score (nSPS) is 43.9. The Morgan fingerprint density at radius 3 is 2.04 bits per heavy atom. The third kappa shape index (κ3) is 3.39. The van der Waals surface area contributed by atoms with Crippen molar-refractivity contribution in [2.24, 2.45) is 16.7 Å². The molecule has 0 amide bonds. The van der Waals surface area contributed by atoms with E-state index >= 15 is 0 Å². The zero-order valence-electron chi connectivity index (χ0n) is 15.8. The maximum atomic E-state index is 12.5. The van der Waals surface area contributed by atoms with Gasteiger partial charge in [-0.25, -0.2) is 0 Å². The zero-order valence-corrected chi connectivity index (χ0v) is 18.0. The Kier molecular flexibility index (Phi) is 5.01. The molecular formula is C19H30IN2O4-. The Balaban J connectivity index is 1.22. The van der Waals surface area contributed by atoms with Gasteiger partial charge in [0.1, 0.15) is 0 Å². The van der Waals surface area contributed by atoms with Gasteiger partial charge in [0.2, 0.25) is 0 Å². The summed E-state index contributed by atoms with van der Waals surface area (Å²) in [5.41, 5.74) is 0.100.